The number of nitrogens with one attached hydrogen (secondary N) is 1. The fourth-order valence-corrected chi connectivity index (χ4v) is 5.45. The van der Waals surface area contributed by atoms with Crippen LogP contribution in [0, 0.1) is 27.7 Å². The van der Waals surface area contributed by atoms with Gasteiger partial charge in [0.2, 0.25) is 15.9 Å². The van der Waals surface area contributed by atoms with Gasteiger partial charge >= 0.3 is 0 Å². The van der Waals surface area contributed by atoms with Crippen LogP contribution in [0.4, 0.5) is 0 Å². The van der Waals surface area contributed by atoms with Crippen molar-refractivity contribution >= 4 is 15.9 Å². The van der Waals surface area contributed by atoms with E-state index in [4.69, 9.17) is 0 Å². The molecule has 146 valence electrons. The van der Waals surface area contributed by atoms with Crippen molar-refractivity contribution in [1.29, 1.82) is 0 Å². The molecule has 0 bridgehead atoms. The van der Waals surface area contributed by atoms with Crippen LogP contribution in [0.25, 0.3) is 0 Å². The molecular formula is C19H31N3O3S. The highest BCUT2D eigenvalue weighted by atomic mass is 32.2. The molecule has 26 heavy (non-hydrogen) atoms. The second-order valence-corrected chi connectivity index (χ2v) is 8.96. The van der Waals surface area contributed by atoms with E-state index in [0.29, 0.717) is 37.5 Å². The predicted octanol–water partition coefficient (Wildman–Crippen LogP) is 1.75. The van der Waals surface area contributed by atoms with Gasteiger partial charge < -0.3 is 10.2 Å². The van der Waals surface area contributed by atoms with E-state index < -0.39 is 10.0 Å². The van der Waals surface area contributed by atoms with Crippen molar-refractivity contribution in [2.45, 2.75) is 45.4 Å². The van der Waals surface area contributed by atoms with Crippen molar-refractivity contribution in [3.63, 3.8) is 0 Å². The van der Waals surface area contributed by atoms with Gasteiger partial charge in [0.05, 0.1) is 4.90 Å². The van der Waals surface area contributed by atoms with Gasteiger partial charge in [0.25, 0.3) is 0 Å². The molecule has 1 N–H and O–H groups in total. The van der Waals surface area contributed by atoms with Crippen LogP contribution < -0.4 is 5.32 Å². The molecule has 0 aliphatic carbocycles. The zero-order chi connectivity index (χ0) is 19.5. The Bertz CT molecular complexity index is 740. The second-order valence-electron chi connectivity index (χ2n) is 7.08. The Morgan fingerprint density at radius 1 is 1.04 bits per heavy atom. The van der Waals surface area contributed by atoms with Crippen LogP contribution in [0.5, 0.6) is 0 Å². The number of piperazine rings is 1. The summed E-state index contributed by atoms with van der Waals surface area (Å²) in [6.45, 7) is 10.1. The van der Waals surface area contributed by atoms with E-state index in [1.165, 1.54) is 4.31 Å². The second kappa shape index (κ2) is 8.50. The summed E-state index contributed by atoms with van der Waals surface area (Å²) in [4.78, 5) is 14.4. The van der Waals surface area contributed by atoms with Crippen LogP contribution in [0.15, 0.2) is 11.0 Å². The highest BCUT2D eigenvalue weighted by Gasteiger charge is 2.32. The number of nitrogens with zero attached hydrogens (tertiary/aromatic N) is 2. The minimum atomic E-state index is -3.55. The number of hydrogen-bond acceptors (Lipinski definition) is 4. The number of aryl methyl sites for hydroxylation is 2. The summed E-state index contributed by atoms with van der Waals surface area (Å²) >= 11 is 0. The van der Waals surface area contributed by atoms with Crippen molar-refractivity contribution in [3.05, 3.63) is 28.3 Å². The zero-order valence-electron chi connectivity index (χ0n) is 16.6. The van der Waals surface area contributed by atoms with Crippen LogP contribution in [-0.4, -0.2) is 63.3 Å². The molecule has 1 aliphatic rings. The van der Waals surface area contributed by atoms with E-state index in [1.807, 2.05) is 40.8 Å². The first-order chi connectivity index (χ1) is 12.2. The molecule has 0 atom stereocenters. The average molecular weight is 382 g/mol. The molecule has 7 heteroatoms. The quantitative estimate of drug-likeness (QED) is 0.762. The summed E-state index contributed by atoms with van der Waals surface area (Å²) in [5.74, 6) is 0.107. The molecule has 0 spiro atoms. The SMILES string of the molecule is CNCCCC(=O)N1CCN(S(=O)(=O)c2c(C)c(C)cc(C)c2C)CC1. The number of rotatable bonds is 6. The largest absolute Gasteiger partial charge is 0.340 e. The van der Waals surface area contributed by atoms with Crippen LogP contribution in [0.2, 0.25) is 0 Å². The summed E-state index contributed by atoms with van der Waals surface area (Å²) in [5, 5.41) is 3.03. The van der Waals surface area contributed by atoms with Crippen molar-refractivity contribution < 1.29 is 13.2 Å². The molecule has 0 unspecified atom stereocenters. The van der Waals surface area contributed by atoms with Gasteiger partial charge in [-0.05, 0) is 70.0 Å². The molecule has 0 aromatic heterocycles. The third-order valence-electron chi connectivity index (χ3n) is 5.30. The van der Waals surface area contributed by atoms with Gasteiger partial charge in [0.15, 0.2) is 0 Å². The first kappa shape index (κ1) is 20.9. The first-order valence-corrected chi connectivity index (χ1v) is 10.6. The Hall–Kier alpha value is -1.44. The maximum atomic E-state index is 13.2. The lowest BCUT2D eigenvalue weighted by atomic mass is 10.0. The normalized spacial score (nSPS) is 16.1. The van der Waals surface area contributed by atoms with E-state index >= 15 is 0 Å². The first-order valence-electron chi connectivity index (χ1n) is 9.20. The number of hydrogen-bond donors (Lipinski definition) is 1. The molecule has 1 aliphatic heterocycles. The van der Waals surface area contributed by atoms with Crippen LogP contribution in [0.3, 0.4) is 0 Å². The molecule has 1 aromatic carbocycles. The maximum absolute atomic E-state index is 13.2. The third-order valence-corrected chi connectivity index (χ3v) is 7.48. The fourth-order valence-electron chi connectivity index (χ4n) is 3.45. The van der Waals surface area contributed by atoms with Gasteiger partial charge in [-0.3, -0.25) is 4.79 Å². The molecule has 1 fully saturated rings. The molecule has 1 amide bonds. The molecule has 1 aromatic rings. The van der Waals surface area contributed by atoms with Crippen LogP contribution in [0.1, 0.15) is 35.1 Å². The predicted molar refractivity (Wildman–Crippen MR) is 104 cm³/mol. The lowest BCUT2D eigenvalue weighted by Gasteiger charge is -2.35. The Labute approximate surface area is 157 Å². The maximum Gasteiger partial charge on any atom is 0.243 e. The summed E-state index contributed by atoms with van der Waals surface area (Å²) in [5.41, 5.74) is 3.62. The van der Waals surface area contributed by atoms with Gasteiger partial charge in [-0.25, -0.2) is 8.42 Å². The molecule has 0 saturated carbocycles. The molecule has 1 saturated heterocycles. The number of benzene rings is 1. The lowest BCUT2D eigenvalue weighted by molar-refractivity contribution is -0.132. The monoisotopic (exact) mass is 381 g/mol. The summed E-state index contributed by atoms with van der Waals surface area (Å²) in [6, 6.07) is 2.03. The number of carbonyl (C=O) groups is 1. The molecular weight excluding hydrogens is 350 g/mol. The molecule has 6 nitrogen and oxygen atoms in total. The molecule has 1 heterocycles. The minimum absolute atomic E-state index is 0.107. The van der Waals surface area contributed by atoms with E-state index in [1.54, 1.807) is 4.90 Å². The number of amides is 1. The van der Waals surface area contributed by atoms with Gasteiger partial charge in [-0.15, -0.1) is 0 Å². The summed E-state index contributed by atoms with van der Waals surface area (Å²) < 4.78 is 28.0. The molecule has 2 rings (SSSR count). The minimum Gasteiger partial charge on any atom is -0.340 e. The van der Waals surface area contributed by atoms with Crippen molar-refractivity contribution in [2.75, 3.05) is 39.8 Å². The Balaban J connectivity index is 2.13. The van der Waals surface area contributed by atoms with Gasteiger partial charge in [-0.1, -0.05) is 6.07 Å². The van der Waals surface area contributed by atoms with Crippen molar-refractivity contribution in [2.24, 2.45) is 0 Å². The van der Waals surface area contributed by atoms with Crippen LogP contribution in [-0.2, 0) is 14.8 Å². The Kier molecular flexibility index (Phi) is 6.82. The Morgan fingerprint density at radius 3 is 2.08 bits per heavy atom. The van der Waals surface area contributed by atoms with Gasteiger partial charge in [-0.2, -0.15) is 4.31 Å². The summed E-state index contributed by atoms with van der Waals surface area (Å²) in [7, 11) is -1.69. The van der Waals surface area contributed by atoms with Gasteiger partial charge in [0, 0.05) is 32.6 Å². The van der Waals surface area contributed by atoms with E-state index in [0.717, 1.165) is 35.2 Å². The van der Waals surface area contributed by atoms with Crippen LogP contribution >= 0.6 is 0 Å². The van der Waals surface area contributed by atoms with Gasteiger partial charge in [0.1, 0.15) is 0 Å². The van der Waals surface area contributed by atoms with E-state index in [-0.39, 0.29) is 5.91 Å². The van der Waals surface area contributed by atoms with E-state index in [9.17, 15) is 13.2 Å². The standard InChI is InChI=1S/C19H31N3O3S/c1-14-13-15(2)17(4)19(16(14)3)26(24,25)22-11-9-21(10-12-22)18(23)7-6-8-20-5/h13,20H,6-12H2,1-5H3. The number of sulfonamides is 1. The number of carbonyl (C=O) groups excluding carboxylic acids is 1. The van der Waals surface area contributed by atoms with Crippen molar-refractivity contribution in [1.82, 2.24) is 14.5 Å². The fraction of sp³-hybridized carbons (Fsp3) is 0.632. The topological polar surface area (TPSA) is 69.7 Å². The lowest BCUT2D eigenvalue weighted by Crippen LogP contribution is -2.50. The zero-order valence-corrected chi connectivity index (χ0v) is 17.4. The van der Waals surface area contributed by atoms with Crippen molar-refractivity contribution in [3.8, 4) is 0 Å². The smallest absolute Gasteiger partial charge is 0.243 e. The molecule has 0 radical (unpaired) electrons. The highest BCUT2D eigenvalue weighted by molar-refractivity contribution is 7.89. The highest BCUT2D eigenvalue weighted by Crippen LogP contribution is 2.29. The summed E-state index contributed by atoms with van der Waals surface area (Å²) in [6.07, 6.45) is 1.30. The average Bonchev–Trinajstić information content (AvgIpc) is 2.60. The Morgan fingerprint density at radius 2 is 1.58 bits per heavy atom. The van der Waals surface area contributed by atoms with E-state index in [2.05, 4.69) is 5.32 Å². The third kappa shape index (κ3) is 4.27.